The molecule has 0 radical (unpaired) electrons. The summed E-state index contributed by atoms with van der Waals surface area (Å²) in [4.78, 5) is 12.8. The standard InChI is InChI=1S/C48H84O9/c1-3-5-7-9-11-13-15-17-19-21-23-25-27-29-31-33-35-37-44(50)56-42(41-55-48-47(53)46(52)45(51)43(39-49)57-48)40-54-38-36-34-32-30-28-26-24-22-20-18-16-14-12-10-8-6-4-2/h5,7,11,13,17,19,23,25,29,31,42-43,45-49,51-53H,3-4,6,8-10,12,14-16,18,20-22,24,26-28,30,32-41H2,1-2H3/b7-5-,13-11-,19-17-,25-23-,31-29-. The number of ether oxygens (including phenoxy) is 4. The molecule has 1 aliphatic rings. The Bertz CT molecular complexity index is 1050. The van der Waals surface area contributed by atoms with E-state index in [1.54, 1.807) is 0 Å². The largest absolute Gasteiger partial charge is 0.457 e. The normalized spacial score (nSPS) is 21.0. The molecular formula is C48H84O9. The van der Waals surface area contributed by atoms with Crippen molar-refractivity contribution in [2.75, 3.05) is 26.4 Å². The zero-order chi connectivity index (χ0) is 41.4. The van der Waals surface area contributed by atoms with Gasteiger partial charge in [-0.25, -0.2) is 0 Å². The molecule has 1 rings (SSSR count). The van der Waals surface area contributed by atoms with Crippen LogP contribution < -0.4 is 0 Å². The van der Waals surface area contributed by atoms with Gasteiger partial charge in [-0.1, -0.05) is 177 Å². The van der Waals surface area contributed by atoms with E-state index in [2.05, 4.69) is 74.6 Å². The topological polar surface area (TPSA) is 135 Å². The number of aliphatic hydroxyl groups is 4. The minimum atomic E-state index is -1.55. The van der Waals surface area contributed by atoms with E-state index in [0.717, 1.165) is 51.4 Å². The molecule has 0 amide bonds. The maximum Gasteiger partial charge on any atom is 0.306 e. The molecule has 0 saturated carbocycles. The molecule has 0 aromatic carbocycles. The third kappa shape index (κ3) is 30.6. The molecular weight excluding hydrogens is 721 g/mol. The summed E-state index contributed by atoms with van der Waals surface area (Å²) in [5, 5.41) is 40.1. The van der Waals surface area contributed by atoms with Crippen molar-refractivity contribution in [3.63, 3.8) is 0 Å². The van der Waals surface area contributed by atoms with Crippen molar-refractivity contribution < 1.29 is 44.2 Å². The molecule has 0 aromatic heterocycles. The molecule has 1 saturated heterocycles. The number of hydrogen-bond donors (Lipinski definition) is 4. The van der Waals surface area contributed by atoms with Crippen LogP contribution in [-0.4, -0.2) is 89.6 Å². The maximum atomic E-state index is 12.8. The first kappa shape index (κ1) is 52.9. The number of rotatable bonds is 38. The van der Waals surface area contributed by atoms with Gasteiger partial charge in [0.2, 0.25) is 0 Å². The van der Waals surface area contributed by atoms with Gasteiger partial charge in [0.15, 0.2) is 6.29 Å². The zero-order valence-corrected chi connectivity index (χ0v) is 36.1. The van der Waals surface area contributed by atoms with Crippen LogP contribution in [0.5, 0.6) is 0 Å². The minimum Gasteiger partial charge on any atom is -0.457 e. The fraction of sp³-hybridized carbons (Fsp3) is 0.771. The lowest BCUT2D eigenvalue weighted by molar-refractivity contribution is -0.305. The molecule has 4 N–H and O–H groups in total. The molecule has 0 aromatic rings. The Labute approximate surface area is 347 Å². The fourth-order valence-corrected chi connectivity index (χ4v) is 6.64. The van der Waals surface area contributed by atoms with Crippen molar-refractivity contribution >= 4 is 5.97 Å². The number of esters is 1. The van der Waals surface area contributed by atoms with E-state index in [-0.39, 0.29) is 25.6 Å². The summed E-state index contributed by atoms with van der Waals surface area (Å²) in [5.74, 6) is -0.369. The van der Waals surface area contributed by atoms with Gasteiger partial charge in [0.05, 0.1) is 19.8 Å². The van der Waals surface area contributed by atoms with Crippen molar-refractivity contribution in [2.24, 2.45) is 0 Å². The van der Waals surface area contributed by atoms with Crippen LogP contribution >= 0.6 is 0 Å². The lowest BCUT2D eigenvalue weighted by Crippen LogP contribution is -2.59. The molecule has 0 aliphatic carbocycles. The van der Waals surface area contributed by atoms with Gasteiger partial charge in [-0.15, -0.1) is 0 Å². The first-order valence-electron chi connectivity index (χ1n) is 22.9. The molecule has 9 heteroatoms. The van der Waals surface area contributed by atoms with Crippen LogP contribution in [0.3, 0.4) is 0 Å². The monoisotopic (exact) mass is 805 g/mol. The van der Waals surface area contributed by atoms with Gasteiger partial charge < -0.3 is 39.4 Å². The summed E-state index contributed by atoms with van der Waals surface area (Å²) in [6.45, 7) is 4.38. The highest BCUT2D eigenvalue weighted by atomic mass is 16.7. The summed E-state index contributed by atoms with van der Waals surface area (Å²) in [6, 6.07) is 0. The van der Waals surface area contributed by atoms with E-state index < -0.39 is 43.4 Å². The lowest BCUT2D eigenvalue weighted by atomic mass is 9.99. The number of carbonyl (C=O) groups excluding carboxylic acids is 1. The van der Waals surface area contributed by atoms with Crippen molar-refractivity contribution in [1.29, 1.82) is 0 Å². The molecule has 0 spiro atoms. The summed E-state index contributed by atoms with van der Waals surface area (Å²) >= 11 is 0. The Morgan fingerprint density at radius 3 is 1.54 bits per heavy atom. The van der Waals surface area contributed by atoms with E-state index >= 15 is 0 Å². The van der Waals surface area contributed by atoms with Gasteiger partial charge in [-0.3, -0.25) is 4.79 Å². The number of allylic oxidation sites excluding steroid dienone is 10. The Hall–Kier alpha value is -2.11. The summed E-state index contributed by atoms with van der Waals surface area (Å²) in [5.41, 5.74) is 0. The first-order valence-corrected chi connectivity index (χ1v) is 22.9. The Morgan fingerprint density at radius 1 is 0.579 bits per heavy atom. The van der Waals surface area contributed by atoms with E-state index in [0.29, 0.717) is 13.0 Å². The predicted octanol–water partition coefficient (Wildman–Crippen LogP) is 10.3. The van der Waals surface area contributed by atoms with Crippen LogP contribution in [0.2, 0.25) is 0 Å². The summed E-state index contributed by atoms with van der Waals surface area (Å²) in [6.07, 6.45) is 42.5. The zero-order valence-electron chi connectivity index (χ0n) is 36.1. The number of carbonyl (C=O) groups is 1. The van der Waals surface area contributed by atoms with E-state index in [1.165, 1.54) is 96.3 Å². The second kappa shape index (κ2) is 39.4. The van der Waals surface area contributed by atoms with Crippen molar-refractivity contribution in [2.45, 2.75) is 211 Å². The van der Waals surface area contributed by atoms with Crippen LogP contribution in [-0.2, 0) is 23.7 Å². The average Bonchev–Trinajstić information content (AvgIpc) is 3.21. The summed E-state index contributed by atoms with van der Waals surface area (Å²) < 4.78 is 22.8. The number of hydrogen-bond acceptors (Lipinski definition) is 9. The Kier molecular flexibility index (Phi) is 36.5. The maximum absolute atomic E-state index is 12.8. The SMILES string of the molecule is CC/C=C\C/C=C\C/C=C\C/C=C\C/C=C\CCCC(=O)OC(COCCCCCCCCCCCCCCCCCCC)COC1OC(CO)C(O)C(O)C1O. The highest BCUT2D eigenvalue weighted by Crippen LogP contribution is 2.22. The molecule has 6 atom stereocenters. The second-order valence-corrected chi connectivity index (χ2v) is 15.5. The van der Waals surface area contributed by atoms with Crippen molar-refractivity contribution in [3.05, 3.63) is 60.8 Å². The van der Waals surface area contributed by atoms with Crippen LogP contribution in [0.25, 0.3) is 0 Å². The van der Waals surface area contributed by atoms with Crippen LogP contribution in [0.15, 0.2) is 60.8 Å². The lowest BCUT2D eigenvalue weighted by Gasteiger charge is -2.39. The van der Waals surface area contributed by atoms with E-state index in [1.807, 2.05) is 0 Å². The quantitative estimate of drug-likeness (QED) is 0.0273. The number of aliphatic hydroxyl groups excluding tert-OH is 4. The highest BCUT2D eigenvalue weighted by Gasteiger charge is 2.44. The van der Waals surface area contributed by atoms with Gasteiger partial charge in [0.1, 0.15) is 30.5 Å². The van der Waals surface area contributed by atoms with Crippen LogP contribution in [0.4, 0.5) is 0 Å². The van der Waals surface area contributed by atoms with Gasteiger partial charge >= 0.3 is 5.97 Å². The Balaban J connectivity index is 2.30. The number of unbranched alkanes of at least 4 members (excludes halogenated alkanes) is 17. The van der Waals surface area contributed by atoms with Crippen molar-refractivity contribution in [1.82, 2.24) is 0 Å². The molecule has 6 unspecified atom stereocenters. The molecule has 57 heavy (non-hydrogen) atoms. The third-order valence-corrected chi connectivity index (χ3v) is 10.2. The molecule has 1 heterocycles. The predicted molar refractivity (Wildman–Crippen MR) is 233 cm³/mol. The molecule has 1 fully saturated rings. The third-order valence-electron chi connectivity index (χ3n) is 10.2. The smallest absolute Gasteiger partial charge is 0.306 e. The average molecular weight is 805 g/mol. The molecule has 330 valence electrons. The van der Waals surface area contributed by atoms with Crippen LogP contribution in [0.1, 0.15) is 174 Å². The van der Waals surface area contributed by atoms with Gasteiger partial charge in [0.25, 0.3) is 0 Å². The minimum absolute atomic E-state index is 0.122. The molecule has 9 nitrogen and oxygen atoms in total. The molecule has 1 aliphatic heterocycles. The second-order valence-electron chi connectivity index (χ2n) is 15.5. The van der Waals surface area contributed by atoms with Crippen LogP contribution in [0, 0.1) is 0 Å². The van der Waals surface area contributed by atoms with Gasteiger partial charge in [0, 0.05) is 13.0 Å². The Morgan fingerprint density at radius 2 is 1.05 bits per heavy atom. The highest BCUT2D eigenvalue weighted by molar-refractivity contribution is 5.69. The first-order chi connectivity index (χ1) is 27.9. The van der Waals surface area contributed by atoms with E-state index in [9.17, 15) is 25.2 Å². The summed E-state index contributed by atoms with van der Waals surface area (Å²) in [7, 11) is 0. The fourth-order valence-electron chi connectivity index (χ4n) is 6.64. The van der Waals surface area contributed by atoms with Gasteiger partial charge in [-0.2, -0.15) is 0 Å². The molecule has 0 bridgehead atoms. The van der Waals surface area contributed by atoms with Gasteiger partial charge in [-0.05, 0) is 51.4 Å². The van der Waals surface area contributed by atoms with E-state index in [4.69, 9.17) is 18.9 Å². The van der Waals surface area contributed by atoms with Crippen molar-refractivity contribution in [3.8, 4) is 0 Å².